The number of aryl methyl sites for hydroxylation is 1. The Labute approximate surface area is 157 Å². The molecule has 0 unspecified atom stereocenters. The van der Waals surface area contributed by atoms with E-state index in [0.29, 0.717) is 28.2 Å². The first kappa shape index (κ1) is 18.7. The highest BCUT2D eigenvalue weighted by atomic mass is 35.5. The van der Waals surface area contributed by atoms with Crippen LogP contribution in [0, 0.1) is 6.92 Å². The third-order valence-electron chi connectivity index (χ3n) is 4.69. The quantitative estimate of drug-likeness (QED) is 0.800. The van der Waals surface area contributed by atoms with Crippen LogP contribution >= 0.6 is 11.6 Å². The van der Waals surface area contributed by atoms with Crippen molar-refractivity contribution in [2.24, 2.45) is 0 Å². The van der Waals surface area contributed by atoms with Crippen molar-refractivity contribution in [3.8, 4) is 5.75 Å². The second-order valence-electron chi connectivity index (χ2n) is 6.53. The molecule has 0 saturated heterocycles. The first-order valence-electron chi connectivity index (χ1n) is 8.72. The fourth-order valence-electron chi connectivity index (χ4n) is 3.33. The van der Waals surface area contributed by atoms with E-state index in [2.05, 4.69) is 20.8 Å². The number of rotatable bonds is 6. The Kier molecular flexibility index (Phi) is 5.78. The lowest BCUT2D eigenvalue weighted by Crippen LogP contribution is -2.48. The molecule has 0 spiro atoms. The standard InChI is InChI=1S/C18H23ClN4O3/c1-12-21-17(23-26-12)18(8-4-3-5-9-18)20-11-16(24)22-13-6-7-15(25-2)14(19)10-13/h6-7,10,20H,3-5,8-9,11H2,1-2H3,(H,22,24). The highest BCUT2D eigenvalue weighted by molar-refractivity contribution is 6.32. The zero-order valence-corrected chi connectivity index (χ0v) is 15.7. The van der Waals surface area contributed by atoms with Crippen molar-refractivity contribution in [1.29, 1.82) is 0 Å². The third kappa shape index (κ3) is 4.16. The number of carbonyl (C=O) groups excluding carboxylic acids is 1. The molecule has 3 rings (SSSR count). The summed E-state index contributed by atoms with van der Waals surface area (Å²) in [6.07, 6.45) is 5.07. The molecule has 1 amide bonds. The number of ether oxygens (including phenoxy) is 1. The van der Waals surface area contributed by atoms with Crippen LogP contribution in [0.25, 0.3) is 0 Å². The second kappa shape index (κ2) is 8.05. The molecule has 2 aromatic rings. The van der Waals surface area contributed by atoms with Crippen LogP contribution < -0.4 is 15.4 Å². The molecule has 7 nitrogen and oxygen atoms in total. The van der Waals surface area contributed by atoms with E-state index in [-0.39, 0.29) is 12.5 Å². The molecule has 1 aromatic carbocycles. The van der Waals surface area contributed by atoms with Gasteiger partial charge in [-0.2, -0.15) is 4.98 Å². The van der Waals surface area contributed by atoms with E-state index < -0.39 is 5.54 Å². The van der Waals surface area contributed by atoms with Crippen molar-refractivity contribution >= 4 is 23.2 Å². The molecule has 0 bridgehead atoms. The van der Waals surface area contributed by atoms with Gasteiger partial charge in [0.15, 0.2) is 5.82 Å². The van der Waals surface area contributed by atoms with E-state index in [1.54, 1.807) is 32.2 Å². The van der Waals surface area contributed by atoms with Gasteiger partial charge in [-0.3, -0.25) is 10.1 Å². The molecule has 0 radical (unpaired) electrons. The van der Waals surface area contributed by atoms with Gasteiger partial charge in [0.05, 0.1) is 24.2 Å². The molecule has 1 fully saturated rings. The van der Waals surface area contributed by atoms with Gasteiger partial charge in [0, 0.05) is 12.6 Å². The predicted octanol–water partition coefficient (Wildman–Crippen LogP) is 3.43. The molecule has 1 saturated carbocycles. The molecule has 140 valence electrons. The van der Waals surface area contributed by atoms with Gasteiger partial charge in [-0.25, -0.2) is 0 Å². The number of nitrogens with zero attached hydrogens (tertiary/aromatic N) is 2. The van der Waals surface area contributed by atoms with E-state index >= 15 is 0 Å². The highest BCUT2D eigenvalue weighted by Crippen LogP contribution is 2.35. The van der Waals surface area contributed by atoms with Crippen LogP contribution in [0.2, 0.25) is 5.02 Å². The van der Waals surface area contributed by atoms with Crippen molar-refractivity contribution in [3.05, 3.63) is 34.9 Å². The average Bonchev–Trinajstić information content (AvgIpc) is 3.08. The van der Waals surface area contributed by atoms with Crippen molar-refractivity contribution in [3.63, 3.8) is 0 Å². The number of halogens is 1. The summed E-state index contributed by atoms with van der Waals surface area (Å²) in [6.45, 7) is 1.92. The Bertz CT molecular complexity index is 772. The molecular formula is C18H23ClN4O3. The Hall–Kier alpha value is -2.12. The van der Waals surface area contributed by atoms with E-state index in [9.17, 15) is 4.79 Å². The van der Waals surface area contributed by atoms with Crippen molar-refractivity contribution in [1.82, 2.24) is 15.5 Å². The number of carbonyl (C=O) groups is 1. The molecule has 1 aromatic heterocycles. The molecular weight excluding hydrogens is 356 g/mol. The fourth-order valence-corrected chi connectivity index (χ4v) is 3.58. The van der Waals surface area contributed by atoms with Crippen LogP contribution in [0.3, 0.4) is 0 Å². The monoisotopic (exact) mass is 378 g/mol. The minimum absolute atomic E-state index is 0.150. The van der Waals surface area contributed by atoms with Gasteiger partial charge >= 0.3 is 0 Å². The summed E-state index contributed by atoms with van der Waals surface area (Å²) in [5.74, 6) is 1.58. The SMILES string of the molecule is COc1ccc(NC(=O)CNC2(c3noc(C)n3)CCCCC2)cc1Cl. The molecule has 1 heterocycles. The zero-order valence-electron chi connectivity index (χ0n) is 15.0. The molecule has 1 aliphatic carbocycles. The number of hydrogen-bond donors (Lipinski definition) is 2. The number of benzene rings is 1. The van der Waals surface area contributed by atoms with Crippen LogP contribution in [-0.4, -0.2) is 29.7 Å². The highest BCUT2D eigenvalue weighted by Gasteiger charge is 2.38. The summed E-state index contributed by atoms with van der Waals surface area (Å²) in [6, 6.07) is 5.13. The van der Waals surface area contributed by atoms with Crippen LogP contribution in [-0.2, 0) is 10.3 Å². The molecule has 1 aliphatic rings. The molecule has 2 N–H and O–H groups in total. The Morgan fingerprint density at radius 2 is 2.12 bits per heavy atom. The second-order valence-corrected chi connectivity index (χ2v) is 6.94. The van der Waals surface area contributed by atoms with Gasteiger partial charge in [0.2, 0.25) is 11.8 Å². The van der Waals surface area contributed by atoms with Crippen LogP contribution in [0.1, 0.15) is 43.8 Å². The number of amides is 1. The third-order valence-corrected chi connectivity index (χ3v) is 4.98. The molecule has 0 aliphatic heterocycles. The number of nitrogens with one attached hydrogen (secondary N) is 2. The first-order chi connectivity index (χ1) is 12.5. The zero-order chi connectivity index (χ0) is 18.6. The maximum absolute atomic E-state index is 12.4. The normalized spacial score (nSPS) is 16.3. The minimum Gasteiger partial charge on any atom is -0.495 e. The van der Waals surface area contributed by atoms with Crippen molar-refractivity contribution in [2.75, 3.05) is 19.0 Å². The maximum atomic E-state index is 12.4. The Morgan fingerprint density at radius 3 is 2.73 bits per heavy atom. The van der Waals surface area contributed by atoms with Gasteiger partial charge in [-0.15, -0.1) is 0 Å². The van der Waals surface area contributed by atoms with Gasteiger partial charge in [-0.05, 0) is 31.0 Å². The number of hydrogen-bond acceptors (Lipinski definition) is 6. The fraction of sp³-hybridized carbons (Fsp3) is 0.500. The number of anilines is 1. The van der Waals surface area contributed by atoms with Crippen LogP contribution in [0.5, 0.6) is 5.75 Å². The summed E-state index contributed by atoms with van der Waals surface area (Å²) >= 11 is 6.10. The summed E-state index contributed by atoms with van der Waals surface area (Å²) in [7, 11) is 1.55. The van der Waals surface area contributed by atoms with Gasteiger partial charge in [0.1, 0.15) is 5.75 Å². The summed E-state index contributed by atoms with van der Waals surface area (Å²) < 4.78 is 10.3. The van der Waals surface area contributed by atoms with E-state index in [1.807, 2.05) is 0 Å². The lowest BCUT2D eigenvalue weighted by molar-refractivity contribution is -0.115. The van der Waals surface area contributed by atoms with Gasteiger partial charge < -0.3 is 14.6 Å². The predicted molar refractivity (Wildman–Crippen MR) is 98.4 cm³/mol. The maximum Gasteiger partial charge on any atom is 0.238 e. The lowest BCUT2D eigenvalue weighted by Gasteiger charge is -2.35. The van der Waals surface area contributed by atoms with E-state index in [1.165, 1.54) is 6.42 Å². The van der Waals surface area contributed by atoms with E-state index in [4.69, 9.17) is 20.9 Å². The summed E-state index contributed by atoms with van der Waals surface area (Å²) in [4.78, 5) is 16.8. The number of aromatic nitrogens is 2. The average molecular weight is 379 g/mol. The Balaban J connectivity index is 1.65. The van der Waals surface area contributed by atoms with Crippen LogP contribution in [0.15, 0.2) is 22.7 Å². The van der Waals surface area contributed by atoms with Crippen LogP contribution in [0.4, 0.5) is 5.69 Å². The van der Waals surface area contributed by atoms with Gasteiger partial charge in [0.25, 0.3) is 0 Å². The minimum atomic E-state index is -0.412. The smallest absolute Gasteiger partial charge is 0.238 e. The Morgan fingerprint density at radius 1 is 1.35 bits per heavy atom. The topological polar surface area (TPSA) is 89.3 Å². The largest absolute Gasteiger partial charge is 0.495 e. The number of methoxy groups -OCH3 is 1. The molecule has 0 atom stereocenters. The van der Waals surface area contributed by atoms with Crippen molar-refractivity contribution in [2.45, 2.75) is 44.6 Å². The van der Waals surface area contributed by atoms with Gasteiger partial charge in [-0.1, -0.05) is 36.0 Å². The first-order valence-corrected chi connectivity index (χ1v) is 9.09. The summed E-state index contributed by atoms with van der Waals surface area (Å²) in [5, 5.41) is 10.8. The van der Waals surface area contributed by atoms with Crippen molar-refractivity contribution < 1.29 is 14.1 Å². The van der Waals surface area contributed by atoms with E-state index in [0.717, 1.165) is 25.7 Å². The molecule has 8 heteroatoms. The summed E-state index contributed by atoms with van der Waals surface area (Å²) in [5.41, 5.74) is 0.209. The lowest BCUT2D eigenvalue weighted by atomic mass is 9.81. The molecule has 26 heavy (non-hydrogen) atoms.